The van der Waals surface area contributed by atoms with Crippen molar-refractivity contribution < 1.29 is 14.9 Å². The number of ether oxygens (including phenoxy) is 1. The van der Waals surface area contributed by atoms with Gasteiger partial charge >= 0.3 is 0 Å². The summed E-state index contributed by atoms with van der Waals surface area (Å²) in [4.78, 5) is 0. The second-order valence-corrected chi connectivity index (χ2v) is 3.85. The molecule has 0 heterocycles. The van der Waals surface area contributed by atoms with Gasteiger partial charge in [-0.25, -0.2) is 0 Å². The molecule has 0 spiro atoms. The lowest BCUT2D eigenvalue weighted by Gasteiger charge is -2.13. The molecule has 3 nitrogen and oxygen atoms in total. The predicted molar refractivity (Wildman–Crippen MR) is 83.6 cm³/mol. The lowest BCUT2D eigenvalue weighted by Crippen LogP contribution is -2.03. The highest BCUT2D eigenvalue weighted by molar-refractivity contribution is 5.36. The van der Waals surface area contributed by atoms with Gasteiger partial charge in [-0.05, 0) is 31.1 Å². The van der Waals surface area contributed by atoms with Crippen LogP contribution in [0.4, 0.5) is 0 Å². The van der Waals surface area contributed by atoms with E-state index in [4.69, 9.17) is 4.74 Å². The number of aliphatic hydroxyl groups excluding tert-OH is 2. The molecule has 1 aromatic carbocycles. The fourth-order valence-electron chi connectivity index (χ4n) is 1.59. The van der Waals surface area contributed by atoms with Crippen LogP contribution in [-0.4, -0.2) is 16.8 Å². The van der Waals surface area contributed by atoms with E-state index in [9.17, 15) is 10.2 Å². The van der Waals surface area contributed by atoms with Crippen LogP contribution in [0.5, 0.6) is 5.75 Å². The first-order valence-electron chi connectivity index (χ1n) is 7.09. The zero-order valence-corrected chi connectivity index (χ0v) is 12.9. The first-order valence-corrected chi connectivity index (χ1v) is 7.09. The maximum Gasteiger partial charge on any atom is 0.132 e. The Morgan fingerprint density at radius 2 is 1.85 bits per heavy atom. The van der Waals surface area contributed by atoms with Gasteiger partial charge in [-0.1, -0.05) is 45.0 Å². The number of hydrogen-bond acceptors (Lipinski definition) is 3. The Bertz CT molecular complexity index is 428. The molecule has 0 aliphatic rings. The summed E-state index contributed by atoms with van der Waals surface area (Å²) < 4.78 is 5.79. The number of rotatable bonds is 6. The predicted octanol–water partition coefficient (Wildman–Crippen LogP) is 3.82. The van der Waals surface area contributed by atoms with Gasteiger partial charge in [0.05, 0.1) is 13.2 Å². The highest BCUT2D eigenvalue weighted by atomic mass is 16.5. The fourth-order valence-corrected chi connectivity index (χ4v) is 1.59. The second kappa shape index (κ2) is 11.3. The third-order valence-electron chi connectivity index (χ3n) is 2.65. The monoisotopic (exact) mass is 278 g/mol. The van der Waals surface area contributed by atoms with E-state index < -0.39 is 0 Å². The molecule has 0 aromatic heterocycles. The number of para-hydroxylation sites is 1. The molecule has 20 heavy (non-hydrogen) atoms. The molecule has 1 rings (SSSR count). The van der Waals surface area contributed by atoms with Gasteiger partial charge in [0.2, 0.25) is 0 Å². The number of benzene rings is 1. The molecule has 0 saturated heterocycles. The van der Waals surface area contributed by atoms with Crippen LogP contribution < -0.4 is 4.74 Å². The Hall–Kier alpha value is -1.58. The van der Waals surface area contributed by atoms with E-state index >= 15 is 0 Å². The molecule has 0 amide bonds. The van der Waals surface area contributed by atoms with Crippen LogP contribution in [0, 0.1) is 0 Å². The van der Waals surface area contributed by atoms with Gasteiger partial charge in [0.25, 0.3) is 0 Å². The SMILES string of the molecule is C/C=C\C(Oc1ccccc1CO)=C(/CC)CO.CC. The molecule has 0 saturated carbocycles. The van der Waals surface area contributed by atoms with E-state index in [0.29, 0.717) is 11.5 Å². The van der Waals surface area contributed by atoms with Crippen LogP contribution in [0.2, 0.25) is 0 Å². The number of allylic oxidation sites excluding steroid dienone is 2. The van der Waals surface area contributed by atoms with Crippen LogP contribution in [0.25, 0.3) is 0 Å². The largest absolute Gasteiger partial charge is 0.457 e. The molecule has 0 unspecified atom stereocenters. The Kier molecular flexibility index (Phi) is 10.4. The molecule has 1 aromatic rings. The minimum Gasteiger partial charge on any atom is -0.457 e. The quantitative estimate of drug-likeness (QED) is 0.614. The first-order chi connectivity index (χ1) is 9.76. The molecule has 0 atom stereocenters. The Morgan fingerprint density at radius 3 is 2.35 bits per heavy atom. The molecule has 0 radical (unpaired) electrons. The zero-order valence-electron chi connectivity index (χ0n) is 12.9. The first kappa shape index (κ1) is 18.4. The maximum atomic E-state index is 9.31. The number of aliphatic hydroxyl groups is 2. The lowest BCUT2D eigenvalue weighted by molar-refractivity contribution is 0.274. The molecular weight excluding hydrogens is 252 g/mol. The van der Waals surface area contributed by atoms with Crippen LogP contribution in [0.3, 0.4) is 0 Å². The highest BCUT2D eigenvalue weighted by Gasteiger charge is 2.07. The summed E-state index contributed by atoms with van der Waals surface area (Å²) in [6.45, 7) is 7.76. The highest BCUT2D eigenvalue weighted by Crippen LogP contribution is 2.22. The van der Waals surface area contributed by atoms with E-state index in [-0.39, 0.29) is 13.2 Å². The summed E-state index contributed by atoms with van der Waals surface area (Å²) in [5, 5.41) is 18.6. The van der Waals surface area contributed by atoms with Crippen LogP contribution in [-0.2, 0) is 6.61 Å². The van der Waals surface area contributed by atoms with Crippen LogP contribution in [0.1, 0.15) is 39.7 Å². The van der Waals surface area contributed by atoms with E-state index in [2.05, 4.69) is 0 Å². The molecule has 0 fully saturated rings. The molecule has 0 aliphatic carbocycles. The van der Waals surface area contributed by atoms with Crippen molar-refractivity contribution in [3.8, 4) is 5.75 Å². The van der Waals surface area contributed by atoms with Crippen molar-refractivity contribution in [3.05, 3.63) is 53.3 Å². The lowest BCUT2D eigenvalue weighted by atomic mass is 10.1. The van der Waals surface area contributed by atoms with Gasteiger partial charge in [0.15, 0.2) is 0 Å². The molecular formula is C17H26O3. The van der Waals surface area contributed by atoms with Gasteiger partial charge in [-0.3, -0.25) is 0 Å². The standard InChI is InChI=1S/C15H20O3.C2H6/c1-3-7-14(12(4-2)10-16)18-15-9-6-5-8-13(15)11-17;1-2/h3,5-9,16-17H,4,10-11H2,1-2H3;1-2H3/b7-3-,14-12-;. The van der Waals surface area contributed by atoms with Gasteiger partial charge in [0, 0.05) is 5.56 Å². The van der Waals surface area contributed by atoms with E-state index in [1.165, 1.54) is 0 Å². The van der Waals surface area contributed by atoms with Gasteiger partial charge in [0.1, 0.15) is 11.5 Å². The Morgan fingerprint density at radius 1 is 1.20 bits per heavy atom. The summed E-state index contributed by atoms with van der Waals surface area (Å²) >= 11 is 0. The van der Waals surface area contributed by atoms with E-state index in [0.717, 1.165) is 17.6 Å². The Balaban J connectivity index is 0.00000172. The second-order valence-electron chi connectivity index (χ2n) is 3.85. The van der Waals surface area contributed by atoms with Crippen molar-refractivity contribution in [3.63, 3.8) is 0 Å². The summed E-state index contributed by atoms with van der Waals surface area (Å²) in [6, 6.07) is 7.32. The molecule has 2 N–H and O–H groups in total. The van der Waals surface area contributed by atoms with Crippen molar-refractivity contribution in [2.24, 2.45) is 0 Å². The molecule has 0 bridgehead atoms. The molecule has 3 heteroatoms. The van der Waals surface area contributed by atoms with Crippen molar-refractivity contribution >= 4 is 0 Å². The van der Waals surface area contributed by atoms with E-state index in [1.54, 1.807) is 6.07 Å². The van der Waals surface area contributed by atoms with Crippen molar-refractivity contribution in [2.75, 3.05) is 6.61 Å². The summed E-state index contributed by atoms with van der Waals surface area (Å²) in [5.74, 6) is 1.26. The zero-order chi connectivity index (χ0) is 15.4. The summed E-state index contributed by atoms with van der Waals surface area (Å²) in [7, 11) is 0. The van der Waals surface area contributed by atoms with Crippen molar-refractivity contribution in [1.29, 1.82) is 0 Å². The minimum atomic E-state index is -0.0696. The molecule has 112 valence electrons. The smallest absolute Gasteiger partial charge is 0.132 e. The van der Waals surface area contributed by atoms with E-state index in [1.807, 2.05) is 58.0 Å². The normalized spacial score (nSPS) is 11.7. The van der Waals surface area contributed by atoms with Crippen molar-refractivity contribution in [1.82, 2.24) is 0 Å². The number of hydrogen-bond donors (Lipinski definition) is 2. The van der Waals surface area contributed by atoms with Gasteiger partial charge in [-0.15, -0.1) is 0 Å². The summed E-state index contributed by atoms with van der Waals surface area (Å²) in [6.07, 6.45) is 4.41. The van der Waals surface area contributed by atoms with Crippen LogP contribution in [0.15, 0.2) is 47.7 Å². The third kappa shape index (κ3) is 5.59. The fraction of sp³-hybridized carbons (Fsp3) is 0.412. The van der Waals surface area contributed by atoms with Crippen molar-refractivity contribution in [2.45, 2.75) is 40.7 Å². The third-order valence-corrected chi connectivity index (χ3v) is 2.65. The van der Waals surface area contributed by atoms with Gasteiger partial charge in [-0.2, -0.15) is 0 Å². The van der Waals surface area contributed by atoms with Crippen LogP contribution >= 0.6 is 0 Å². The average molecular weight is 278 g/mol. The van der Waals surface area contributed by atoms with Gasteiger partial charge < -0.3 is 14.9 Å². The maximum absolute atomic E-state index is 9.31. The average Bonchev–Trinajstić information content (AvgIpc) is 2.51. The summed E-state index contributed by atoms with van der Waals surface area (Å²) in [5.41, 5.74) is 1.56. The Labute approximate surface area is 122 Å². The topological polar surface area (TPSA) is 49.7 Å². The minimum absolute atomic E-state index is 0.0303. The molecule has 0 aliphatic heterocycles.